The van der Waals surface area contributed by atoms with Gasteiger partial charge in [-0.05, 0) is 34.3 Å². The molecule has 1 nitrogen and oxygen atoms in total. The van der Waals surface area contributed by atoms with Crippen LogP contribution < -0.4 is 0 Å². The largest absolute Gasteiger partial charge is 0.291 e. The highest BCUT2D eigenvalue weighted by atomic mass is 15.4. The first-order chi connectivity index (χ1) is 5.32. The van der Waals surface area contributed by atoms with Crippen LogP contribution >= 0.6 is 0 Å². The zero-order chi connectivity index (χ0) is 9.57. The third kappa shape index (κ3) is 1.03. The number of rotatable bonds is 1. The Balaban J connectivity index is 3.06. The molecule has 0 bridgehead atoms. The second-order valence-electron chi connectivity index (χ2n) is 5.05. The summed E-state index contributed by atoms with van der Waals surface area (Å²) >= 11 is 0. The molecule has 1 heteroatoms. The van der Waals surface area contributed by atoms with Crippen molar-refractivity contribution in [2.75, 3.05) is 7.05 Å². The van der Waals surface area contributed by atoms with Crippen molar-refractivity contribution in [2.45, 2.75) is 52.1 Å². The van der Waals surface area contributed by atoms with Gasteiger partial charge < -0.3 is 0 Å². The molecule has 0 spiro atoms. The third-order valence-corrected chi connectivity index (χ3v) is 3.97. The van der Waals surface area contributed by atoms with Crippen LogP contribution in [0.2, 0.25) is 0 Å². The molecule has 1 atom stereocenters. The monoisotopic (exact) mass is 168 g/mol. The van der Waals surface area contributed by atoms with E-state index >= 15 is 0 Å². The van der Waals surface area contributed by atoms with E-state index in [-0.39, 0.29) is 0 Å². The Kier molecular flexibility index (Phi) is 2.12. The number of allylic oxidation sites excluding steroid dienone is 1. The Morgan fingerprint density at radius 1 is 1.42 bits per heavy atom. The molecular formula is C11H22N+. The minimum absolute atomic E-state index is 0.380. The fourth-order valence-corrected chi connectivity index (χ4v) is 2.41. The third-order valence-electron chi connectivity index (χ3n) is 3.97. The standard InChI is InChI=1S/C11H22N/c1-9(2)12(6)10(3)7-8-11(12,4)5/h9H,3,7-8H2,1-2,4-6H3/q+1/t12-/m0/s1. The SMILES string of the molecule is C=C1CCC(C)(C)[N@@+]1(C)C(C)C. The van der Waals surface area contributed by atoms with Gasteiger partial charge in [0, 0.05) is 12.8 Å². The first-order valence-electron chi connectivity index (χ1n) is 4.87. The highest BCUT2D eigenvalue weighted by molar-refractivity contribution is 4.97. The van der Waals surface area contributed by atoms with E-state index in [4.69, 9.17) is 0 Å². The molecule has 0 aliphatic carbocycles. The highest BCUT2D eigenvalue weighted by Gasteiger charge is 2.49. The molecule has 0 aromatic heterocycles. The first-order valence-corrected chi connectivity index (χ1v) is 4.87. The van der Waals surface area contributed by atoms with Crippen LogP contribution in [0.25, 0.3) is 0 Å². The summed E-state index contributed by atoms with van der Waals surface area (Å²) in [5.41, 5.74) is 1.78. The molecule has 1 aliphatic rings. The van der Waals surface area contributed by atoms with Crippen molar-refractivity contribution < 1.29 is 4.48 Å². The van der Waals surface area contributed by atoms with Crippen LogP contribution in [0, 0.1) is 0 Å². The lowest BCUT2D eigenvalue weighted by atomic mass is 9.98. The Bertz CT molecular complexity index is 203. The zero-order valence-electron chi connectivity index (χ0n) is 9.15. The average molecular weight is 168 g/mol. The quantitative estimate of drug-likeness (QED) is 0.528. The summed E-state index contributed by atoms with van der Waals surface area (Å²) < 4.78 is 1.05. The first kappa shape index (κ1) is 9.79. The van der Waals surface area contributed by atoms with Crippen molar-refractivity contribution in [1.29, 1.82) is 0 Å². The lowest BCUT2D eigenvalue weighted by molar-refractivity contribution is -0.930. The highest BCUT2D eigenvalue weighted by Crippen LogP contribution is 2.43. The molecule has 1 aliphatic heterocycles. The lowest BCUT2D eigenvalue weighted by Crippen LogP contribution is -2.57. The summed E-state index contributed by atoms with van der Waals surface area (Å²) in [7, 11) is 2.32. The Morgan fingerprint density at radius 2 is 1.92 bits per heavy atom. The van der Waals surface area contributed by atoms with Crippen LogP contribution in [0.1, 0.15) is 40.5 Å². The van der Waals surface area contributed by atoms with E-state index < -0.39 is 0 Å². The molecule has 1 saturated heterocycles. The molecule has 1 fully saturated rings. The van der Waals surface area contributed by atoms with Crippen LogP contribution in [-0.4, -0.2) is 23.1 Å². The molecule has 0 unspecified atom stereocenters. The van der Waals surface area contributed by atoms with Gasteiger partial charge in [0.15, 0.2) is 0 Å². The van der Waals surface area contributed by atoms with Gasteiger partial charge in [0.2, 0.25) is 0 Å². The molecular weight excluding hydrogens is 146 g/mol. The second-order valence-corrected chi connectivity index (χ2v) is 5.05. The Morgan fingerprint density at radius 3 is 2.08 bits per heavy atom. The summed E-state index contributed by atoms with van der Waals surface area (Å²) in [5.74, 6) is 0. The van der Waals surface area contributed by atoms with Gasteiger partial charge in [0.25, 0.3) is 0 Å². The number of quaternary nitrogens is 1. The maximum Gasteiger partial charge on any atom is 0.102 e. The minimum atomic E-state index is 0.380. The summed E-state index contributed by atoms with van der Waals surface area (Å²) in [6, 6.07) is 0.648. The average Bonchev–Trinajstić information content (AvgIpc) is 2.15. The van der Waals surface area contributed by atoms with E-state index in [1.54, 1.807) is 0 Å². The molecule has 0 aromatic carbocycles. The fourth-order valence-electron chi connectivity index (χ4n) is 2.41. The number of hydrogen-bond acceptors (Lipinski definition) is 0. The van der Waals surface area contributed by atoms with Crippen molar-refractivity contribution in [2.24, 2.45) is 0 Å². The van der Waals surface area contributed by atoms with Crippen molar-refractivity contribution in [3.63, 3.8) is 0 Å². The molecule has 0 amide bonds. The maximum absolute atomic E-state index is 4.20. The summed E-state index contributed by atoms with van der Waals surface area (Å²) in [6.45, 7) is 13.5. The van der Waals surface area contributed by atoms with Crippen LogP contribution in [-0.2, 0) is 0 Å². The van der Waals surface area contributed by atoms with Crippen LogP contribution in [0.3, 0.4) is 0 Å². The van der Waals surface area contributed by atoms with Crippen LogP contribution in [0.4, 0.5) is 0 Å². The van der Waals surface area contributed by atoms with Gasteiger partial charge in [-0.2, -0.15) is 0 Å². The van der Waals surface area contributed by atoms with Crippen molar-refractivity contribution in [3.8, 4) is 0 Å². The fraction of sp³-hybridized carbons (Fsp3) is 0.818. The maximum atomic E-state index is 4.20. The molecule has 0 saturated carbocycles. The Hall–Kier alpha value is -0.300. The summed E-state index contributed by atoms with van der Waals surface area (Å²) in [4.78, 5) is 0. The van der Waals surface area contributed by atoms with Gasteiger partial charge in [0.1, 0.15) is 5.70 Å². The molecule has 0 radical (unpaired) electrons. The normalized spacial score (nSPS) is 34.7. The van der Waals surface area contributed by atoms with Gasteiger partial charge in [0.05, 0.1) is 18.6 Å². The Labute approximate surface area is 76.7 Å². The van der Waals surface area contributed by atoms with Crippen LogP contribution in [0.15, 0.2) is 12.3 Å². The number of hydrogen-bond donors (Lipinski definition) is 0. The molecule has 70 valence electrons. The van der Waals surface area contributed by atoms with E-state index in [9.17, 15) is 0 Å². The van der Waals surface area contributed by atoms with E-state index in [1.807, 2.05) is 0 Å². The topological polar surface area (TPSA) is 0 Å². The number of nitrogens with zero attached hydrogens (tertiary/aromatic N) is 1. The van der Waals surface area contributed by atoms with Crippen molar-refractivity contribution in [3.05, 3.63) is 12.3 Å². The van der Waals surface area contributed by atoms with Gasteiger partial charge in [-0.25, -0.2) is 0 Å². The smallest absolute Gasteiger partial charge is 0.102 e. The number of likely N-dealkylation sites (tertiary alicyclic amines) is 1. The van der Waals surface area contributed by atoms with Crippen molar-refractivity contribution in [1.82, 2.24) is 0 Å². The van der Waals surface area contributed by atoms with E-state index in [2.05, 4.69) is 41.3 Å². The molecule has 1 rings (SSSR count). The summed E-state index contributed by atoms with van der Waals surface area (Å²) in [6.07, 6.45) is 2.47. The zero-order valence-corrected chi connectivity index (χ0v) is 9.15. The predicted molar refractivity (Wildman–Crippen MR) is 53.8 cm³/mol. The van der Waals surface area contributed by atoms with Crippen molar-refractivity contribution >= 4 is 0 Å². The second kappa shape index (κ2) is 2.59. The minimum Gasteiger partial charge on any atom is -0.291 e. The summed E-state index contributed by atoms with van der Waals surface area (Å²) in [5, 5.41) is 0. The van der Waals surface area contributed by atoms with Gasteiger partial charge in [-0.3, -0.25) is 4.48 Å². The van der Waals surface area contributed by atoms with Crippen LogP contribution in [0.5, 0.6) is 0 Å². The molecule has 0 N–H and O–H groups in total. The van der Waals surface area contributed by atoms with E-state index in [0.717, 1.165) is 4.48 Å². The van der Waals surface area contributed by atoms with Gasteiger partial charge in [-0.1, -0.05) is 0 Å². The predicted octanol–water partition coefficient (Wildman–Crippen LogP) is 2.93. The van der Waals surface area contributed by atoms with Gasteiger partial charge in [-0.15, -0.1) is 0 Å². The molecule has 0 aromatic rings. The lowest BCUT2D eigenvalue weighted by Gasteiger charge is -2.45. The van der Waals surface area contributed by atoms with Gasteiger partial charge >= 0.3 is 0 Å². The molecule has 1 heterocycles. The van der Waals surface area contributed by atoms with E-state index in [0.29, 0.717) is 11.6 Å². The van der Waals surface area contributed by atoms with E-state index in [1.165, 1.54) is 18.5 Å². The molecule has 12 heavy (non-hydrogen) atoms.